The molecule has 2 rings (SSSR count). The summed E-state index contributed by atoms with van der Waals surface area (Å²) in [5.74, 6) is 0. The van der Waals surface area contributed by atoms with Crippen LogP contribution in [0.1, 0.15) is 41.5 Å². The van der Waals surface area contributed by atoms with E-state index in [-0.39, 0.29) is 18.2 Å². The van der Waals surface area contributed by atoms with Crippen LogP contribution in [0.3, 0.4) is 0 Å². The van der Waals surface area contributed by atoms with Gasteiger partial charge in [-0.2, -0.15) is 0 Å². The second kappa shape index (κ2) is 6.57. The van der Waals surface area contributed by atoms with E-state index in [1.54, 1.807) is 0 Å². The Hall–Kier alpha value is -0.468. The molecule has 0 bridgehead atoms. The van der Waals surface area contributed by atoms with E-state index in [2.05, 4.69) is 109 Å². The molecular formula is C20H26PPd. The van der Waals surface area contributed by atoms with E-state index in [1.807, 2.05) is 0 Å². The van der Waals surface area contributed by atoms with Crippen LogP contribution in [0, 0.1) is 0 Å². The quantitative estimate of drug-likeness (QED) is 0.476. The molecule has 0 nitrogen and oxygen atoms in total. The molecule has 0 aromatic heterocycles. The molecule has 0 saturated heterocycles. The molecule has 22 heavy (non-hydrogen) atoms. The fourth-order valence-corrected chi connectivity index (χ4v) is 7.90. The third-order valence-corrected chi connectivity index (χ3v) is 7.86. The first-order valence-electron chi connectivity index (χ1n) is 7.73. The third-order valence-electron chi connectivity index (χ3n) is 3.62. The molecule has 0 spiro atoms. The van der Waals surface area contributed by atoms with Crippen LogP contribution in [0.4, 0.5) is 0 Å². The van der Waals surface area contributed by atoms with Crippen LogP contribution in [0.15, 0.2) is 48.5 Å². The summed E-state index contributed by atoms with van der Waals surface area (Å²) in [6, 6.07) is 17.5. The molecular weight excluding hydrogens is 378 g/mol. The summed E-state index contributed by atoms with van der Waals surface area (Å²) in [5.41, 5.74) is 2.68. The van der Waals surface area contributed by atoms with Crippen molar-refractivity contribution in [2.45, 2.75) is 51.9 Å². The average molecular weight is 404 g/mol. The monoisotopic (exact) mass is 403 g/mol. The fraction of sp³-hybridized carbons (Fsp3) is 0.400. The maximum atomic E-state index is 3.42. The summed E-state index contributed by atoms with van der Waals surface area (Å²) in [6.07, 6.45) is 0. The molecule has 0 N–H and O–H groups in total. The second-order valence-electron chi connectivity index (χ2n) is 7.64. The van der Waals surface area contributed by atoms with Gasteiger partial charge in [0.15, 0.2) is 0 Å². The predicted octanol–water partition coefficient (Wildman–Crippen LogP) is 5.23. The first-order valence-corrected chi connectivity index (χ1v) is 9.85. The van der Waals surface area contributed by atoms with Gasteiger partial charge < -0.3 is 0 Å². The molecule has 0 amide bonds. The van der Waals surface area contributed by atoms with Crippen LogP contribution in [-0.2, 0) is 19.2 Å². The Kier molecular flexibility index (Phi) is 5.34. The molecule has 0 radical (unpaired) electrons. The molecule has 0 heterocycles. The van der Waals surface area contributed by atoms with E-state index in [0.29, 0.717) is 0 Å². The molecule has 121 valence electrons. The van der Waals surface area contributed by atoms with Gasteiger partial charge in [0.05, 0.1) is 0 Å². The molecule has 0 aliphatic rings. The zero-order chi connectivity index (χ0) is 16.5. The van der Waals surface area contributed by atoms with Crippen LogP contribution < -0.4 is 9.34 Å². The maximum absolute atomic E-state index is 3.42. The standard InChI is InChI=1S/C20H26P.Pd/c1-19(2,3)21(20(4,5)6)18-15-11-10-14-17(18)16-12-8-7-9-13-16;/h7-12,14-15H,1-6H3;. The third kappa shape index (κ3) is 3.89. The molecule has 0 aliphatic carbocycles. The van der Waals surface area contributed by atoms with Gasteiger partial charge >= 0.3 is 148 Å². The molecule has 0 fully saturated rings. The van der Waals surface area contributed by atoms with Crippen LogP contribution in [0.2, 0.25) is 0 Å². The first kappa shape index (κ1) is 17.9. The van der Waals surface area contributed by atoms with E-state index >= 15 is 0 Å². The Labute approximate surface area is 147 Å². The van der Waals surface area contributed by atoms with Gasteiger partial charge in [-0.05, 0) is 0 Å². The van der Waals surface area contributed by atoms with Gasteiger partial charge in [-0.1, -0.05) is 0 Å². The van der Waals surface area contributed by atoms with Crippen molar-refractivity contribution in [2.24, 2.45) is 0 Å². The Balaban J connectivity index is 2.69. The molecule has 0 atom stereocenters. The van der Waals surface area contributed by atoms with Gasteiger partial charge in [0.2, 0.25) is 0 Å². The van der Waals surface area contributed by atoms with E-state index in [9.17, 15) is 0 Å². The van der Waals surface area contributed by atoms with E-state index in [4.69, 9.17) is 0 Å². The topological polar surface area (TPSA) is 0 Å². The Bertz CT molecular complexity index is 633. The molecule has 0 unspecified atom stereocenters. The second-order valence-corrected chi connectivity index (χ2v) is 12.3. The van der Waals surface area contributed by atoms with Crippen LogP contribution in [0.5, 0.6) is 0 Å². The predicted molar refractivity (Wildman–Crippen MR) is 97.6 cm³/mol. The van der Waals surface area contributed by atoms with Gasteiger partial charge in [0.25, 0.3) is 0 Å². The van der Waals surface area contributed by atoms with Gasteiger partial charge in [0.1, 0.15) is 0 Å². The molecule has 0 saturated carbocycles. The van der Waals surface area contributed by atoms with E-state index < -0.39 is 0 Å². The summed E-state index contributed by atoms with van der Waals surface area (Å²) < 4.78 is 1.20. The summed E-state index contributed by atoms with van der Waals surface area (Å²) in [7, 11) is -0.311. The minimum atomic E-state index is -0.311. The van der Waals surface area contributed by atoms with Gasteiger partial charge in [-0.15, -0.1) is 0 Å². The normalized spacial score (nSPS) is 12.8. The van der Waals surface area contributed by atoms with E-state index in [0.717, 1.165) is 0 Å². The fourth-order valence-electron chi connectivity index (χ4n) is 3.29. The van der Waals surface area contributed by atoms with Gasteiger partial charge in [0, 0.05) is 0 Å². The van der Waals surface area contributed by atoms with E-state index in [1.165, 1.54) is 20.5 Å². The van der Waals surface area contributed by atoms with Gasteiger partial charge in [-0.3, -0.25) is 0 Å². The summed E-state index contributed by atoms with van der Waals surface area (Å²) in [4.78, 5) is 0. The molecule has 2 aromatic rings. The Morgan fingerprint density at radius 3 is 1.64 bits per heavy atom. The van der Waals surface area contributed by atoms with Crippen molar-refractivity contribution < 1.29 is 19.2 Å². The average Bonchev–Trinajstić information content (AvgIpc) is 2.37. The van der Waals surface area contributed by atoms with Crippen molar-refractivity contribution in [3.8, 4) is 11.1 Å². The van der Waals surface area contributed by atoms with Crippen LogP contribution in [-0.4, -0.2) is 10.3 Å². The summed E-state index contributed by atoms with van der Waals surface area (Å²) in [5, 5.41) is 2.05. The number of rotatable bonds is 2. The van der Waals surface area contributed by atoms with Crippen molar-refractivity contribution >= 4 is 17.3 Å². The van der Waals surface area contributed by atoms with Gasteiger partial charge in [-0.25, -0.2) is 0 Å². The van der Waals surface area contributed by atoms with Crippen molar-refractivity contribution in [3.05, 3.63) is 48.5 Å². The van der Waals surface area contributed by atoms with Crippen molar-refractivity contribution in [1.29, 1.82) is 0 Å². The number of hydrogen-bond donors (Lipinski definition) is 0. The minimum absolute atomic E-state index is 0.272. The summed E-state index contributed by atoms with van der Waals surface area (Å²) in [6.45, 7) is 14.3. The van der Waals surface area contributed by atoms with Crippen LogP contribution in [0.25, 0.3) is 11.1 Å². The zero-order valence-electron chi connectivity index (χ0n) is 14.4. The molecule has 0 aliphatic heterocycles. The molecule has 2 heteroatoms. The van der Waals surface area contributed by atoms with Crippen LogP contribution >= 0.6 is 7.92 Å². The van der Waals surface area contributed by atoms with Crippen molar-refractivity contribution in [2.75, 3.05) is 0 Å². The van der Waals surface area contributed by atoms with Crippen molar-refractivity contribution in [3.63, 3.8) is 0 Å². The first-order chi connectivity index (χ1) is 10.1. The SMILES string of the molecule is CC(C)(C)P(c1ccccc1-c1cccc[c]1[Pd])C(C)(C)C. The summed E-state index contributed by atoms with van der Waals surface area (Å²) >= 11 is 3.42. The Morgan fingerprint density at radius 2 is 1.14 bits per heavy atom. The number of benzene rings is 2. The van der Waals surface area contributed by atoms with Crippen molar-refractivity contribution in [1.82, 2.24) is 0 Å². The Morgan fingerprint density at radius 1 is 0.682 bits per heavy atom. The number of hydrogen-bond acceptors (Lipinski definition) is 0. The zero-order valence-corrected chi connectivity index (χ0v) is 16.8. The molecule has 2 aromatic carbocycles.